The van der Waals surface area contributed by atoms with Crippen LogP contribution in [0.15, 0.2) is 34.8 Å². The Bertz CT molecular complexity index is 1050. The first-order chi connectivity index (χ1) is 15.0. The number of hydrogen-bond acceptors (Lipinski definition) is 3. The van der Waals surface area contributed by atoms with E-state index in [1.54, 1.807) is 0 Å². The number of amides is 2. The van der Waals surface area contributed by atoms with Gasteiger partial charge >= 0.3 is 18.0 Å². The van der Waals surface area contributed by atoms with E-state index in [-0.39, 0.29) is 29.1 Å². The average molecular weight is 566 g/mol. The summed E-state index contributed by atoms with van der Waals surface area (Å²) in [5, 5.41) is 3.83. The van der Waals surface area contributed by atoms with Gasteiger partial charge in [-0.15, -0.1) is 0 Å². The van der Waals surface area contributed by atoms with Crippen molar-refractivity contribution in [1.29, 1.82) is 0 Å². The van der Waals surface area contributed by atoms with Crippen LogP contribution in [0.2, 0.25) is 5.02 Å². The summed E-state index contributed by atoms with van der Waals surface area (Å²) < 4.78 is 97.1. The number of anilines is 2. The predicted octanol–water partition coefficient (Wildman–Crippen LogP) is 6.61. The molecule has 2 N–H and O–H groups in total. The highest BCUT2D eigenvalue weighted by molar-refractivity contribution is 9.10. The van der Waals surface area contributed by atoms with Crippen molar-refractivity contribution in [1.82, 2.24) is 0 Å². The van der Waals surface area contributed by atoms with Crippen molar-refractivity contribution in [2.75, 3.05) is 17.7 Å². The highest BCUT2D eigenvalue weighted by atomic mass is 79.9. The van der Waals surface area contributed by atoms with Crippen LogP contribution in [-0.2, 0) is 10.5 Å². The molecule has 0 heterocycles. The van der Waals surface area contributed by atoms with E-state index in [9.17, 15) is 40.3 Å². The fourth-order valence-electron chi connectivity index (χ4n) is 2.78. The fourth-order valence-corrected chi connectivity index (χ4v) is 3.72. The molecule has 5 nitrogen and oxygen atoms in total. The molecule has 0 atom stereocenters. The van der Waals surface area contributed by atoms with Crippen molar-refractivity contribution < 1.29 is 45.1 Å². The van der Waals surface area contributed by atoms with Crippen LogP contribution in [0.25, 0.3) is 0 Å². The molecule has 2 aromatic carbocycles. The maximum Gasteiger partial charge on any atom is 0.435 e. The van der Waals surface area contributed by atoms with Gasteiger partial charge in [-0.3, -0.25) is 9.59 Å². The largest absolute Gasteiger partial charge is 0.494 e. The lowest BCUT2D eigenvalue weighted by Gasteiger charge is -2.30. The smallest absolute Gasteiger partial charge is 0.435 e. The number of nitrogens with one attached hydrogen (secondary N) is 2. The third-order valence-corrected chi connectivity index (χ3v) is 5.16. The van der Waals surface area contributed by atoms with Crippen molar-refractivity contribution in [3.8, 4) is 5.75 Å². The first kappa shape index (κ1) is 26.7. The summed E-state index contributed by atoms with van der Waals surface area (Å²) in [5.74, 6) is -1.49. The van der Waals surface area contributed by atoms with Gasteiger partial charge in [0.1, 0.15) is 0 Å². The molecule has 2 amide bonds. The van der Waals surface area contributed by atoms with E-state index in [2.05, 4.69) is 26.6 Å². The predicted molar refractivity (Wildman–Crippen MR) is 109 cm³/mol. The zero-order valence-electron chi connectivity index (χ0n) is 16.5. The summed E-state index contributed by atoms with van der Waals surface area (Å²) in [6, 6.07) is 4.41. The Kier molecular flexibility index (Phi) is 7.59. The molecule has 33 heavy (non-hydrogen) atoms. The minimum Gasteiger partial charge on any atom is -0.494 e. The lowest BCUT2D eigenvalue weighted by Crippen LogP contribution is -2.50. The van der Waals surface area contributed by atoms with Gasteiger partial charge in [0.2, 0.25) is 5.91 Å². The zero-order chi connectivity index (χ0) is 25.4. The van der Waals surface area contributed by atoms with Crippen LogP contribution in [0.3, 0.4) is 0 Å². The quantitative estimate of drug-likeness (QED) is 0.401. The molecule has 0 aliphatic carbocycles. The number of ether oxygens (including phenoxy) is 1. The van der Waals surface area contributed by atoms with Crippen LogP contribution in [0.1, 0.15) is 22.8 Å². The van der Waals surface area contributed by atoms with Gasteiger partial charge in [-0.25, -0.2) is 4.39 Å². The van der Waals surface area contributed by atoms with Crippen LogP contribution in [-0.4, -0.2) is 31.3 Å². The second-order valence-corrected chi connectivity index (χ2v) is 7.75. The van der Waals surface area contributed by atoms with Crippen molar-refractivity contribution in [2.45, 2.75) is 24.9 Å². The summed E-state index contributed by atoms with van der Waals surface area (Å²) >= 11 is 8.53. The van der Waals surface area contributed by atoms with Crippen LogP contribution in [0.4, 0.5) is 42.1 Å². The van der Waals surface area contributed by atoms with E-state index < -0.39 is 50.6 Å². The molecule has 14 heteroatoms. The molecule has 0 aliphatic rings. The maximum atomic E-state index is 14.3. The molecule has 0 fully saturated rings. The Balaban J connectivity index is 2.52. The van der Waals surface area contributed by atoms with E-state index >= 15 is 0 Å². The molecule has 0 bridgehead atoms. The molecular formula is C19H13BrClF7N2O3. The van der Waals surface area contributed by atoms with Crippen LogP contribution >= 0.6 is 27.5 Å². The highest BCUT2D eigenvalue weighted by Crippen LogP contribution is 2.54. The number of alkyl halides is 7. The summed E-state index contributed by atoms with van der Waals surface area (Å²) in [4.78, 5) is 24.0. The van der Waals surface area contributed by atoms with Gasteiger partial charge in [-0.05, 0) is 40.2 Å². The van der Waals surface area contributed by atoms with Gasteiger partial charge in [0.15, 0.2) is 5.75 Å². The molecule has 0 aliphatic heterocycles. The van der Waals surface area contributed by atoms with Crippen LogP contribution in [0.5, 0.6) is 5.75 Å². The number of carbonyl (C=O) groups excluding carboxylic acids is 2. The summed E-state index contributed by atoms with van der Waals surface area (Å²) in [5.41, 5.74) is -7.99. The number of methoxy groups -OCH3 is 1. The van der Waals surface area contributed by atoms with Gasteiger partial charge in [-0.1, -0.05) is 17.7 Å². The number of halogens is 9. The molecule has 180 valence electrons. The minimum atomic E-state index is -6.34. The Morgan fingerprint density at radius 3 is 2.03 bits per heavy atom. The number of carbonyl (C=O) groups is 2. The molecule has 2 rings (SSSR count). The van der Waals surface area contributed by atoms with E-state index in [0.29, 0.717) is 0 Å². The third-order valence-electron chi connectivity index (χ3n) is 4.23. The second-order valence-electron chi connectivity index (χ2n) is 6.49. The monoisotopic (exact) mass is 564 g/mol. The third kappa shape index (κ3) is 5.18. The lowest BCUT2D eigenvalue weighted by molar-refractivity contribution is -0.348. The van der Waals surface area contributed by atoms with Crippen molar-refractivity contribution >= 4 is 50.7 Å². The molecule has 2 aromatic rings. The van der Waals surface area contributed by atoms with Gasteiger partial charge in [0.05, 0.1) is 29.1 Å². The standard InChI is InChI=1S/C19H13BrClF7N2O3/c1-8(31)29-13-5-3-4-10(15(13)33-2)16(32)30-14-11(20)6-9(7-12(14)21)17(22,18(23,24)25)19(26,27)28/h3-7H,1-2H3,(H,29,31)(H,30,32). The van der Waals surface area contributed by atoms with E-state index in [4.69, 9.17) is 16.3 Å². The number of para-hydroxylation sites is 1. The van der Waals surface area contributed by atoms with Crippen LogP contribution in [0, 0.1) is 0 Å². The Labute approximate surface area is 195 Å². The maximum absolute atomic E-state index is 14.3. The van der Waals surface area contributed by atoms with Crippen molar-refractivity contribution in [2.24, 2.45) is 0 Å². The van der Waals surface area contributed by atoms with Gasteiger partial charge in [0.25, 0.3) is 5.91 Å². The zero-order valence-corrected chi connectivity index (χ0v) is 18.9. The van der Waals surface area contributed by atoms with E-state index in [1.807, 2.05) is 0 Å². The summed E-state index contributed by atoms with van der Waals surface area (Å²) in [7, 11) is 1.20. The van der Waals surface area contributed by atoms with Gasteiger partial charge in [-0.2, -0.15) is 26.3 Å². The lowest BCUT2D eigenvalue weighted by atomic mass is 9.94. The SMILES string of the molecule is COc1c(NC(C)=O)cccc1C(=O)Nc1c(Cl)cc(C(F)(C(F)(F)F)C(F)(F)F)cc1Br. The second kappa shape index (κ2) is 9.37. The summed E-state index contributed by atoms with van der Waals surface area (Å²) in [6.45, 7) is 1.21. The Morgan fingerprint density at radius 2 is 1.58 bits per heavy atom. The van der Waals surface area contributed by atoms with Crippen molar-refractivity contribution in [3.05, 3.63) is 51.0 Å². The normalized spacial score (nSPS) is 12.3. The molecule has 0 saturated carbocycles. The Morgan fingerprint density at radius 1 is 1.00 bits per heavy atom. The minimum absolute atomic E-state index is 0.0778. The van der Waals surface area contributed by atoms with Gasteiger partial charge < -0.3 is 15.4 Å². The van der Waals surface area contributed by atoms with E-state index in [1.165, 1.54) is 32.2 Å². The first-order valence-electron chi connectivity index (χ1n) is 8.62. The number of hydrogen-bond donors (Lipinski definition) is 2. The molecular weight excluding hydrogens is 553 g/mol. The van der Waals surface area contributed by atoms with Crippen LogP contribution < -0.4 is 15.4 Å². The highest BCUT2D eigenvalue weighted by Gasteiger charge is 2.73. The van der Waals surface area contributed by atoms with E-state index in [0.717, 1.165) is 0 Å². The topological polar surface area (TPSA) is 67.4 Å². The molecule has 0 aromatic heterocycles. The molecule has 0 saturated heterocycles. The number of benzene rings is 2. The summed E-state index contributed by atoms with van der Waals surface area (Å²) in [6.07, 6.45) is -12.7. The molecule has 0 radical (unpaired) electrons. The molecule has 0 unspecified atom stereocenters. The molecule has 0 spiro atoms. The number of rotatable bonds is 5. The van der Waals surface area contributed by atoms with Gasteiger partial charge in [0, 0.05) is 17.0 Å². The van der Waals surface area contributed by atoms with Crippen molar-refractivity contribution in [3.63, 3.8) is 0 Å². The average Bonchev–Trinajstić information content (AvgIpc) is 2.67. The Hall–Kier alpha value is -2.54. The first-order valence-corrected chi connectivity index (χ1v) is 9.79. The fraction of sp³-hybridized carbons (Fsp3) is 0.263.